The van der Waals surface area contributed by atoms with Crippen molar-refractivity contribution < 1.29 is 0 Å². The first-order chi connectivity index (χ1) is 10.3. The molecule has 1 aromatic carbocycles. The van der Waals surface area contributed by atoms with Crippen LogP contribution in [-0.2, 0) is 6.54 Å². The summed E-state index contributed by atoms with van der Waals surface area (Å²) < 4.78 is 1.12. The highest BCUT2D eigenvalue weighted by Gasteiger charge is 2.19. The van der Waals surface area contributed by atoms with Gasteiger partial charge in [-0.25, -0.2) is 0 Å². The van der Waals surface area contributed by atoms with Crippen molar-refractivity contribution in [3.05, 3.63) is 40.5 Å². The molecule has 4 heteroatoms. The van der Waals surface area contributed by atoms with Gasteiger partial charge in [0.25, 0.3) is 0 Å². The zero-order valence-electron chi connectivity index (χ0n) is 12.3. The van der Waals surface area contributed by atoms with Crippen molar-refractivity contribution >= 4 is 26.8 Å². The Morgan fingerprint density at radius 3 is 2.81 bits per heavy atom. The lowest BCUT2D eigenvalue weighted by Gasteiger charge is -2.32. The van der Waals surface area contributed by atoms with Crippen molar-refractivity contribution in [3.63, 3.8) is 0 Å². The first-order valence-electron chi connectivity index (χ1n) is 7.72. The third-order valence-electron chi connectivity index (χ3n) is 4.48. The van der Waals surface area contributed by atoms with Gasteiger partial charge < -0.3 is 5.73 Å². The number of aromatic nitrogens is 1. The van der Waals surface area contributed by atoms with E-state index >= 15 is 0 Å². The summed E-state index contributed by atoms with van der Waals surface area (Å²) in [5, 5.41) is 1.20. The lowest BCUT2D eigenvalue weighted by atomic mass is 9.93. The average Bonchev–Trinajstić information content (AvgIpc) is 2.52. The molecule has 2 N–H and O–H groups in total. The van der Waals surface area contributed by atoms with E-state index in [1.807, 2.05) is 12.3 Å². The van der Waals surface area contributed by atoms with Crippen LogP contribution in [0.25, 0.3) is 10.9 Å². The van der Waals surface area contributed by atoms with Crippen molar-refractivity contribution in [3.8, 4) is 0 Å². The molecule has 0 amide bonds. The number of hydrogen-bond donors (Lipinski definition) is 1. The van der Waals surface area contributed by atoms with Gasteiger partial charge in [-0.2, -0.15) is 0 Å². The predicted molar refractivity (Wildman–Crippen MR) is 91.1 cm³/mol. The standard InChI is InChI=1S/C17H22BrN3/c18-16-4-3-14(17-15(16)2-1-9-20-17)12-21-10-6-13(5-8-19)7-11-21/h1-4,9,13H,5-8,10-12,19H2. The molecule has 0 radical (unpaired) electrons. The maximum atomic E-state index is 5.67. The molecule has 21 heavy (non-hydrogen) atoms. The summed E-state index contributed by atoms with van der Waals surface area (Å²) in [6.45, 7) is 4.17. The molecule has 0 bridgehead atoms. The Hall–Kier alpha value is -0.970. The summed E-state index contributed by atoms with van der Waals surface area (Å²) in [6, 6.07) is 8.46. The second-order valence-electron chi connectivity index (χ2n) is 5.90. The molecular formula is C17H22BrN3. The number of nitrogens with two attached hydrogens (primary N) is 1. The van der Waals surface area contributed by atoms with Crippen LogP contribution in [0.15, 0.2) is 34.9 Å². The number of rotatable bonds is 4. The predicted octanol–water partition coefficient (Wildman–Crippen LogP) is 3.56. The first kappa shape index (κ1) is 14.9. The van der Waals surface area contributed by atoms with Gasteiger partial charge in [0.1, 0.15) is 0 Å². The first-order valence-corrected chi connectivity index (χ1v) is 8.52. The van der Waals surface area contributed by atoms with Gasteiger partial charge in [-0.1, -0.05) is 28.1 Å². The number of fused-ring (bicyclic) bond motifs is 1. The van der Waals surface area contributed by atoms with Crippen LogP contribution < -0.4 is 5.73 Å². The fourth-order valence-corrected chi connectivity index (χ4v) is 3.69. The van der Waals surface area contributed by atoms with Gasteiger partial charge in [-0.15, -0.1) is 0 Å². The third-order valence-corrected chi connectivity index (χ3v) is 5.17. The molecule has 0 spiro atoms. The molecule has 3 rings (SSSR count). The van der Waals surface area contributed by atoms with Crippen LogP contribution in [0.4, 0.5) is 0 Å². The summed E-state index contributed by atoms with van der Waals surface area (Å²) in [7, 11) is 0. The number of pyridine rings is 1. The van der Waals surface area contributed by atoms with Crippen LogP contribution in [0.1, 0.15) is 24.8 Å². The summed E-state index contributed by atoms with van der Waals surface area (Å²) in [6.07, 6.45) is 5.61. The van der Waals surface area contributed by atoms with Crippen molar-refractivity contribution in [2.75, 3.05) is 19.6 Å². The van der Waals surface area contributed by atoms with Gasteiger partial charge in [0.2, 0.25) is 0 Å². The fourth-order valence-electron chi connectivity index (χ4n) is 3.23. The highest BCUT2D eigenvalue weighted by molar-refractivity contribution is 9.10. The second-order valence-corrected chi connectivity index (χ2v) is 6.76. The number of nitrogens with zero attached hydrogens (tertiary/aromatic N) is 2. The summed E-state index contributed by atoms with van der Waals surface area (Å²) in [5.74, 6) is 0.825. The van der Waals surface area contributed by atoms with Crippen LogP contribution >= 0.6 is 15.9 Å². The zero-order chi connectivity index (χ0) is 14.7. The molecular weight excluding hydrogens is 326 g/mol. The van der Waals surface area contributed by atoms with E-state index in [9.17, 15) is 0 Å². The number of benzene rings is 1. The van der Waals surface area contributed by atoms with Crippen molar-refractivity contribution in [2.24, 2.45) is 11.7 Å². The SMILES string of the molecule is NCCC1CCN(Cc2ccc(Br)c3cccnc23)CC1. The molecule has 0 atom stereocenters. The second kappa shape index (κ2) is 6.86. The third kappa shape index (κ3) is 3.44. The topological polar surface area (TPSA) is 42.1 Å². The van der Waals surface area contributed by atoms with Gasteiger partial charge in [0.05, 0.1) is 5.52 Å². The molecule has 0 saturated carbocycles. The van der Waals surface area contributed by atoms with Crippen molar-refractivity contribution in [1.82, 2.24) is 9.88 Å². The minimum Gasteiger partial charge on any atom is -0.330 e. The Morgan fingerprint density at radius 2 is 2.05 bits per heavy atom. The Bertz CT molecular complexity index is 606. The van der Waals surface area contributed by atoms with E-state index in [4.69, 9.17) is 5.73 Å². The zero-order valence-corrected chi connectivity index (χ0v) is 13.8. The fraction of sp³-hybridized carbons (Fsp3) is 0.471. The molecule has 112 valence electrons. The Morgan fingerprint density at radius 1 is 1.24 bits per heavy atom. The Labute approximate surface area is 134 Å². The summed E-state index contributed by atoms with van der Waals surface area (Å²) in [5.41, 5.74) is 8.11. The number of likely N-dealkylation sites (tertiary alicyclic amines) is 1. The largest absolute Gasteiger partial charge is 0.330 e. The normalized spacial score (nSPS) is 17.4. The molecule has 0 unspecified atom stereocenters. The van der Waals surface area contributed by atoms with Crippen LogP contribution in [0, 0.1) is 5.92 Å². The van der Waals surface area contributed by atoms with E-state index in [0.29, 0.717) is 0 Å². The minimum atomic E-state index is 0.825. The van der Waals surface area contributed by atoms with Gasteiger partial charge in [-0.3, -0.25) is 9.88 Å². The van der Waals surface area contributed by atoms with E-state index < -0.39 is 0 Å². The van der Waals surface area contributed by atoms with E-state index in [1.54, 1.807) is 0 Å². The monoisotopic (exact) mass is 347 g/mol. The van der Waals surface area contributed by atoms with Crippen LogP contribution in [-0.4, -0.2) is 29.5 Å². The highest BCUT2D eigenvalue weighted by atomic mass is 79.9. The van der Waals surface area contributed by atoms with E-state index in [2.05, 4.69) is 44.0 Å². The quantitative estimate of drug-likeness (QED) is 0.919. The molecule has 2 aromatic rings. The van der Waals surface area contributed by atoms with Gasteiger partial charge in [-0.05, 0) is 62.5 Å². The lowest BCUT2D eigenvalue weighted by Crippen LogP contribution is -2.33. The summed E-state index contributed by atoms with van der Waals surface area (Å²) in [4.78, 5) is 7.12. The summed E-state index contributed by atoms with van der Waals surface area (Å²) >= 11 is 3.62. The minimum absolute atomic E-state index is 0.825. The highest BCUT2D eigenvalue weighted by Crippen LogP contribution is 2.27. The number of piperidine rings is 1. The Kier molecular flexibility index (Phi) is 4.88. The molecule has 2 heterocycles. The van der Waals surface area contributed by atoms with Gasteiger partial charge in [0, 0.05) is 22.6 Å². The van der Waals surface area contributed by atoms with Crippen LogP contribution in [0.5, 0.6) is 0 Å². The van der Waals surface area contributed by atoms with Crippen molar-refractivity contribution in [1.29, 1.82) is 0 Å². The van der Waals surface area contributed by atoms with Crippen LogP contribution in [0.3, 0.4) is 0 Å². The number of halogens is 1. The molecule has 1 aliphatic rings. The van der Waals surface area contributed by atoms with E-state index in [0.717, 1.165) is 29.0 Å². The molecule has 1 saturated heterocycles. The van der Waals surface area contributed by atoms with E-state index in [-0.39, 0.29) is 0 Å². The van der Waals surface area contributed by atoms with Gasteiger partial charge in [0.15, 0.2) is 0 Å². The molecule has 1 aliphatic heterocycles. The molecule has 0 aliphatic carbocycles. The average molecular weight is 348 g/mol. The molecule has 1 fully saturated rings. The van der Waals surface area contributed by atoms with Crippen LogP contribution in [0.2, 0.25) is 0 Å². The lowest BCUT2D eigenvalue weighted by molar-refractivity contribution is 0.174. The smallest absolute Gasteiger partial charge is 0.0758 e. The molecule has 1 aromatic heterocycles. The molecule has 3 nitrogen and oxygen atoms in total. The Balaban J connectivity index is 1.73. The van der Waals surface area contributed by atoms with Crippen molar-refractivity contribution in [2.45, 2.75) is 25.8 Å². The maximum Gasteiger partial charge on any atom is 0.0758 e. The van der Waals surface area contributed by atoms with Gasteiger partial charge >= 0.3 is 0 Å². The number of hydrogen-bond acceptors (Lipinski definition) is 3. The maximum absolute atomic E-state index is 5.67. The van der Waals surface area contributed by atoms with E-state index in [1.165, 1.54) is 43.3 Å².